The van der Waals surface area contributed by atoms with Crippen molar-refractivity contribution in [1.29, 1.82) is 5.26 Å². The lowest BCUT2D eigenvalue weighted by molar-refractivity contribution is -0.140. The van der Waals surface area contributed by atoms with Crippen LogP contribution < -0.4 is 9.47 Å². The summed E-state index contributed by atoms with van der Waals surface area (Å²) in [7, 11) is 0. The smallest absolute Gasteiger partial charge is 0.314 e. The Labute approximate surface area is 237 Å². The number of rotatable bonds is 17. The van der Waals surface area contributed by atoms with Gasteiger partial charge in [0, 0.05) is 0 Å². The van der Waals surface area contributed by atoms with E-state index in [0.717, 1.165) is 68.4 Å². The van der Waals surface area contributed by atoms with Crippen molar-refractivity contribution in [3.05, 3.63) is 48.5 Å². The topological polar surface area (TPSA) is 59.3 Å². The van der Waals surface area contributed by atoms with Gasteiger partial charge in [-0.1, -0.05) is 102 Å². The zero-order valence-corrected chi connectivity index (χ0v) is 24.4. The lowest BCUT2D eigenvalue weighted by Gasteiger charge is -2.34. The summed E-state index contributed by atoms with van der Waals surface area (Å²) in [5.41, 5.74) is 1.93. The Morgan fingerprint density at radius 2 is 1.28 bits per heavy atom. The van der Waals surface area contributed by atoms with Gasteiger partial charge in [0.2, 0.25) is 0 Å². The lowest BCUT2D eigenvalue weighted by atomic mass is 9.69. The Bertz CT molecular complexity index is 998. The van der Waals surface area contributed by atoms with Crippen LogP contribution in [0.3, 0.4) is 0 Å². The van der Waals surface area contributed by atoms with Crippen LogP contribution in [0, 0.1) is 22.7 Å². The Morgan fingerprint density at radius 3 is 1.85 bits per heavy atom. The largest absolute Gasteiger partial charge is 0.494 e. The highest BCUT2D eigenvalue weighted by atomic mass is 16.5. The van der Waals surface area contributed by atoms with Gasteiger partial charge in [-0.25, -0.2) is 0 Å². The van der Waals surface area contributed by atoms with Crippen LogP contribution in [0.2, 0.25) is 0 Å². The number of esters is 1. The number of benzene rings is 2. The fourth-order valence-electron chi connectivity index (χ4n) is 5.62. The number of unbranched alkanes of at least 4 members (excludes halogenated alkanes) is 9. The summed E-state index contributed by atoms with van der Waals surface area (Å²) in [5.74, 6) is 1.21. The van der Waals surface area contributed by atoms with E-state index in [4.69, 9.17) is 9.47 Å². The average Bonchev–Trinajstić information content (AvgIpc) is 2.97. The first kappa shape index (κ1) is 30.7. The molecule has 0 saturated heterocycles. The van der Waals surface area contributed by atoms with Crippen molar-refractivity contribution in [2.45, 2.75) is 117 Å². The highest BCUT2D eigenvalue weighted by Crippen LogP contribution is 2.43. The number of hydrogen-bond donors (Lipinski definition) is 0. The zero-order valence-electron chi connectivity index (χ0n) is 24.4. The maximum Gasteiger partial charge on any atom is 0.314 e. The first-order valence-electron chi connectivity index (χ1n) is 15.6. The van der Waals surface area contributed by atoms with E-state index in [1.807, 2.05) is 36.4 Å². The van der Waals surface area contributed by atoms with Gasteiger partial charge in [-0.15, -0.1) is 0 Å². The maximum absolute atomic E-state index is 12.8. The Hall–Kier alpha value is -2.80. The molecule has 0 unspecified atom stereocenters. The molecular formula is C35H49NO3. The SMILES string of the molecule is CCCCCCCCOc1ccc(-c2ccc(OC(=O)C3CCC(C#N)(CCCCCCC)CC3)cc2)cc1. The number of hydrogen-bond acceptors (Lipinski definition) is 4. The molecule has 3 rings (SSSR count). The molecule has 0 N–H and O–H groups in total. The quantitative estimate of drug-likeness (QED) is 0.116. The van der Waals surface area contributed by atoms with E-state index in [2.05, 4.69) is 32.0 Å². The molecule has 0 aliphatic heterocycles. The number of carbonyl (C=O) groups is 1. The molecule has 2 aromatic carbocycles. The van der Waals surface area contributed by atoms with Crippen molar-refractivity contribution in [1.82, 2.24) is 0 Å². The molecule has 2 aromatic rings. The molecule has 4 heteroatoms. The van der Waals surface area contributed by atoms with Crippen molar-refractivity contribution < 1.29 is 14.3 Å². The summed E-state index contributed by atoms with van der Waals surface area (Å²) in [4.78, 5) is 12.8. The van der Waals surface area contributed by atoms with E-state index in [0.29, 0.717) is 5.75 Å². The molecule has 39 heavy (non-hydrogen) atoms. The van der Waals surface area contributed by atoms with E-state index < -0.39 is 0 Å². The Kier molecular flexibility index (Phi) is 13.4. The second kappa shape index (κ2) is 17.0. The van der Waals surface area contributed by atoms with Crippen molar-refractivity contribution in [2.75, 3.05) is 6.61 Å². The molecule has 1 aliphatic carbocycles. The zero-order chi connectivity index (χ0) is 27.8. The van der Waals surface area contributed by atoms with Crippen LogP contribution in [-0.2, 0) is 4.79 Å². The summed E-state index contributed by atoms with van der Waals surface area (Å²) in [6.45, 7) is 5.23. The normalized spacial score (nSPS) is 18.8. The lowest BCUT2D eigenvalue weighted by Crippen LogP contribution is -2.31. The van der Waals surface area contributed by atoms with Gasteiger partial charge in [0.05, 0.1) is 24.0 Å². The third-order valence-electron chi connectivity index (χ3n) is 8.30. The molecule has 0 bridgehead atoms. The summed E-state index contributed by atoms with van der Waals surface area (Å²) >= 11 is 0. The van der Waals surface area contributed by atoms with E-state index >= 15 is 0 Å². The molecule has 1 fully saturated rings. The van der Waals surface area contributed by atoms with Crippen LogP contribution in [-0.4, -0.2) is 12.6 Å². The molecule has 1 saturated carbocycles. The fraction of sp³-hybridized carbons (Fsp3) is 0.600. The van der Waals surface area contributed by atoms with Gasteiger partial charge in [-0.3, -0.25) is 4.79 Å². The predicted octanol–water partition coefficient (Wildman–Crippen LogP) is 10.1. The monoisotopic (exact) mass is 531 g/mol. The first-order chi connectivity index (χ1) is 19.1. The Balaban J connectivity index is 1.41. The van der Waals surface area contributed by atoms with E-state index in [9.17, 15) is 10.1 Å². The molecule has 0 spiro atoms. The third-order valence-corrected chi connectivity index (χ3v) is 8.30. The number of ether oxygens (including phenoxy) is 2. The van der Waals surface area contributed by atoms with Gasteiger partial charge >= 0.3 is 5.97 Å². The Morgan fingerprint density at radius 1 is 0.769 bits per heavy atom. The van der Waals surface area contributed by atoms with Crippen LogP contribution in [0.15, 0.2) is 48.5 Å². The molecular weight excluding hydrogens is 482 g/mol. The summed E-state index contributed by atoms with van der Waals surface area (Å²) in [6, 6.07) is 18.5. The number of nitrogens with zero attached hydrogens (tertiary/aromatic N) is 1. The third kappa shape index (κ3) is 10.4. The van der Waals surface area contributed by atoms with Crippen LogP contribution in [0.25, 0.3) is 11.1 Å². The molecule has 0 amide bonds. The van der Waals surface area contributed by atoms with Crippen molar-refractivity contribution in [3.63, 3.8) is 0 Å². The van der Waals surface area contributed by atoms with E-state index in [-0.39, 0.29) is 17.3 Å². The number of nitriles is 1. The maximum atomic E-state index is 12.8. The van der Waals surface area contributed by atoms with Crippen molar-refractivity contribution >= 4 is 5.97 Å². The fourth-order valence-corrected chi connectivity index (χ4v) is 5.62. The highest BCUT2D eigenvalue weighted by Gasteiger charge is 2.37. The minimum atomic E-state index is -0.251. The highest BCUT2D eigenvalue weighted by molar-refractivity contribution is 5.75. The molecule has 0 radical (unpaired) electrons. The van der Waals surface area contributed by atoms with Crippen LogP contribution in [0.5, 0.6) is 11.5 Å². The molecule has 0 aromatic heterocycles. The van der Waals surface area contributed by atoms with Gasteiger partial charge < -0.3 is 9.47 Å². The molecule has 4 nitrogen and oxygen atoms in total. The first-order valence-corrected chi connectivity index (χ1v) is 15.6. The summed E-state index contributed by atoms with van der Waals surface area (Å²) in [6.07, 6.45) is 17.7. The van der Waals surface area contributed by atoms with Crippen molar-refractivity contribution in [2.24, 2.45) is 11.3 Å². The summed E-state index contributed by atoms with van der Waals surface area (Å²) < 4.78 is 11.6. The minimum Gasteiger partial charge on any atom is -0.494 e. The van der Waals surface area contributed by atoms with Gasteiger partial charge in [0.1, 0.15) is 11.5 Å². The molecule has 0 heterocycles. The van der Waals surface area contributed by atoms with Crippen LogP contribution in [0.4, 0.5) is 0 Å². The van der Waals surface area contributed by atoms with Crippen LogP contribution in [0.1, 0.15) is 117 Å². The molecule has 0 atom stereocenters. The standard InChI is InChI=1S/C35H49NO3/c1-3-5-7-9-11-13-27-38-32-18-14-29(15-19-32)30-16-20-33(21-17-30)39-34(37)31-22-25-35(28-36,26-23-31)24-12-10-8-6-4-2/h14-21,31H,3-13,22-27H2,1-2H3. The van der Waals surface area contributed by atoms with Gasteiger partial charge in [0.25, 0.3) is 0 Å². The molecule has 212 valence electrons. The minimum absolute atomic E-state index is 0.116. The van der Waals surface area contributed by atoms with Crippen LogP contribution >= 0.6 is 0 Å². The second-order valence-electron chi connectivity index (χ2n) is 11.4. The van der Waals surface area contributed by atoms with Gasteiger partial charge in [-0.2, -0.15) is 5.26 Å². The van der Waals surface area contributed by atoms with Crippen molar-refractivity contribution in [3.8, 4) is 28.7 Å². The summed E-state index contributed by atoms with van der Waals surface area (Å²) in [5, 5.41) is 9.85. The number of carbonyl (C=O) groups excluding carboxylic acids is 1. The predicted molar refractivity (Wildman–Crippen MR) is 160 cm³/mol. The van der Waals surface area contributed by atoms with Gasteiger partial charge in [0.15, 0.2) is 0 Å². The van der Waals surface area contributed by atoms with E-state index in [1.54, 1.807) is 0 Å². The second-order valence-corrected chi connectivity index (χ2v) is 11.4. The average molecular weight is 532 g/mol. The molecule has 1 aliphatic rings. The van der Waals surface area contributed by atoms with E-state index in [1.165, 1.54) is 57.8 Å². The van der Waals surface area contributed by atoms with Gasteiger partial charge in [-0.05, 0) is 73.9 Å².